The minimum Gasteiger partial charge on any atom is -0.504 e. The fourth-order valence-corrected chi connectivity index (χ4v) is 5.37. The summed E-state index contributed by atoms with van der Waals surface area (Å²) in [6.45, 7) is 7.06. The molecule has 1 amide bonds. The first-order valence-corrected chi connectivity index (χ1v) is 12.2. The number of amides is 1. The number of fused-ring (bicyclic) bond motifs is 1. The molecular weight excluding hydrogens is 453 g/mol. The minimum absolute atomic E-state index is 0.0473. The number of rotatable bonds is 5. The minimum atomic E-state index is -0.270. The van der Waals surface area contributed by atoms with Crippen LogP contribution in [0.3, 0.4) is 0 Å². The van der Waals surface area contributed by atoms with Crippen molar-refractivity contribution in [1.29, 1.82) is 0 Å². The topological polar surface area (TPSA) is 72.3 Å². The molecule has 176 valence electrons. The number of carbonyl (C=O) groups excluding carboxylic acids is 1. The Morgan fingerprint density at radius 1 is 1.26 bits per heavy atom. The average Bonchev–Trinajstić information content (AvgIpc) is 3.45. The molecule has 0 saturated carbocycles. The molecule has 1 fully saturated rings. The number of hydrogen-bond donors (Lipinski definition) is 1. The first-order valence-electron chi connectivity index (χ1n) is 11.3. The van der Waals surface area contributed by atoms with Crippen LogP contribution in [0.25, 0.3) is 5.70 Å². The lowest BCUT2D eigenvalue weighted by atomic mass is 10.0. The van der Waals surface area contributed by atoms with E-state index >= 15 is 0 Å². The molecule has 0 aliphatic carbocycles. The van der Waals surface area contributed by atoms with Gasteiger partial charge in [-0.05, 0) is 43.9 Å². The normalized spacial score (nSPS) is 20.2. The number of halogens is 1. The highest BCUT2D eigenvalue weighted by molar-refractivity contribution is 7.12. The predicted octanol–water partition coefficient (Wildman–Crippen LogP) is 4.47. The molecule has 7 nitrogen and oxygen atoms in total. The van der Waals surface area contributed by atoms with Crippen LogP contribution in [0.1, 0.15) is 41.6 Å². The van der Waals surface area contributed by atoms with Crippen molar-refractivity contribution in [2.75, 3.05) is 13.1 Å². The van der Waals surface area contributed by atoms with Crippen molar-refractivity contribution in [3.8, 4) is 0 Å². The third kappa shape index (κ3) is 4.23. The molecule has 9 heteroatoms. The number of carbonyl (C=O) groups is 1. The van der Waals surface area contributed by atoms with Crippen LogP contribution < -0.4 is 0 Å². The van der Waals surface area contributed by atoms with Gasteiger partial charge < -0.3 is 14.9 Å². The second kappa shape index (κ2) is 9.06. The Balaban J connectivity index is 1.36. The molecule has 4 heterocycles. The molecule has 0 spiro atoms. The molecule has 1 aromatic heterocycles. The Morgan fingerprint density at radius 3 is 2.82 bits per heavy atom. The summed E-state index contributed by atoms with van der Waals surface area (Å²) in [7, 11) is 0. The van der Waals surface area contributed by atoms with E-state index in [1.54, 1.807) is 40.5 Å². The van der Waals surface area contributed by atoms with Crippen LogP contribution in [-0.4, -0.2) is 55.8 Å². The van der Waals surface area contributed by atoms with E-state index in [2.05, 4.69) is 23.5 Å². The predicted molar refractivity (Wildman–Crippen MR) is 130 cm³/mol. The summed E-state index contributed by atoms with van der Waals surface area (Å²) in [5, 5.41) is 11.4. The lowest BCUT2D eigenvalue weighted by Crippen LogP contribution is -2.47. The van der Waals surface area contributed by atoms with Crippen LogP contribution in [0.5, 0.6) is 0 Å². The van der Waals surface area contributed by atoms with Crippen molar-refractivity contribution in [2.45, 2.75) is 38.6 Å². The van der Waals surface area contributed by atoms with Crippen LogP contribution in [0.2, 0.25) is 0 Å². The SMILES string of the molecule is C=C1C(O)=C(c2ncc(Cc3ccc(F)cc3)s2)N=C2N(CC(=O)N3CCCCC3C)C=CN12. The maximum absolute atomic E-state index is 13.2. The number of guanidine groups is 1. The van der Waals surface area contributed by atoms with Gasteiger partial charge in [-0.2, -0.15) is 0 Å². The lowest BCUT2D eigenvalue weighted by Gasteiger charge is -2.35. The Morgan fingerprint density at radius 2 is 2.06 bits per heavy atom. The van der Waals surface area contributed by atoms with E-state index in [9.17, 15) is 14.3 Å². The van der Waals surface area contributed by atoms with Gasteiger partial charge in [0.1, 0.15) is 23.1 Å². The van der Waals surface area contributed by atoms with E-state index < -0.39 is 0 Å². The molecule has 2 aromatic rings. The molecule has 1 aromatic carbocycles. The van der Waals surface area contributed by atoms with E-state index in [0.29, 0.717) is 28.8 Å². The molecule has 34 heavy (non-hydrogen) atoms. The number of thiazole rings is 1. The quantitative estimate of drug-likeness (QED) is 0.685. The van der Waals surface area contributed by atoms with Crippen LogP contribution in [0.15, 0.2) is 65.9 Å². The fourth-order valence-electron chi connectivity index (χ4n) is 4.43. The number of nitrogens with zero attached hydrogens (tertiary/aromatic N) is 5. The van der Waals surface area contributed by atoms with Gasteiger partial charge in [0.2, 0.25) is 11.9 Å². The zero-order valence-electron chi connectivity index (χ0n) is 18.9. The summed E-state index contributed by atoms with van der Waals surface area (Å²) in [5.41, 5.74) is 1.68. The number of benzene rings is 1. The molecule has 0 bridgehead atoms. The molecule has 1 saturated heterocycles. The zero-order valence-corrected chi connectivity index (χ0v) is 19.8. The number of hydrogen-bond acceptors (Lipinski definition) is 7. The second-order valence-electron chi connectivity index (χ2n) is 8.72. The summed E-state index contributed by atoms with van der Waals surface area (Å²) in [5.74, 6) is 0.260. The third-order valence-corrected chi connectivity index (χ3v) is 7.35. The number of aliphatic imine (C=N–C) groups is 1. The molecular formula is C25H26FN5O2S. The number of piperidine rings is 1. The highest BCUT2D eigenvalue weighted by Crippen LogP contribution is 2.35. The summed E-state index contributed by atoms with van der Waals surface area (Å²) >= 11 is 1.41. The third-order valence-electron chi connectivity index (χ3n) is 6.34. The number of likely N-dealkylation sites (tertiary alicyclic amines) is 1. The van der Waals surface area contributed by atoms with E-state index in [-0.39, 0.29) is 30.1 Å². The van der Waals surface area contributed by atoms with Crippen molar-refractivity contribution in [3.63, 3.8) is 0 Å². The first kappa shape index (κ1) is 22.3. The summed E-state index contributed by atoms with van der Waals surface area (Å²) in [6, 6.07) is 6.60. The van der Waals surface area contributed by atoms with Gasteiger partial charge in [0, 0.05) is 42.5 Å². The van der Waals surface area contributed by atoms with Crippen molar-refractivity contribution < 1.29 is 14.3 Å². The highest BCUT2D eigenvalue weighted by Gasteiger charge is 2.34. The van der Waals surface area contributed by atoms with Gasteiger partial charge in [0.25, 0.3) is 0 Å². The van der Waals surface area contributed by atoms with Crippen LogP contribution in [0.4, 0.5) is 4.39 Å². The average molecular weight is 480 g/mol. The van der Waals surface area contributed by atoms with E-state index in [1.807, 2.05) is 4.90 Å². The van der Waals surface area contributed by atoms with Crippen LogP contribution in [0, 0.1) is 5.82 Å². The lowest BCUT2D eigenvalue weighted by molar-refractivity contribution is -0.134. The van der Waals surface area contributed by atoms with Crippen molar-refractivity contribution in [3.05, 3.63) is 82.2 Å². The van der Waals surface area contributed by atoms with Crippen LogP contribution in [-0.2, 0) is 11.2 Å². The number of aliphatic hydroxyl groups excluding tert-OH is 1. The number of aliphatic hydroxyl groups is 1. The van der Waals surface area contributed by atoms with Gasteiger partial charge in [-0.3, -0.25) is 9.69 Å². The van der Waals surface area contributed by atoms with E-state index in [1.165, 1.54) is 23.5 Å². The molecule has 3 aliphatic heterocycles. The van der Waals surface area contributed by atoms with Crippen LogP contribution >= 0.6 is 11.3 Å². The van der Waals surface area contributed by atoms with Gasteiger partial charge in [-0.15, -0.1) is 11.3 Å². The summed E-state index contributed by atoms with van der Waals surface area (Å²) < 4.78 is 13.2. The van der Waals surface area contributed by atoms with Gasteiger partial charge in [0.05, 0.1) is 5.70 Å². The Labute approximate surface area is 201 Å². The fraction of sp³-hybridized carbons (Fsp3) is 0.320. The first-order chi connectivity index (χ1) is 16.4. The molecule has 1 unspecified atom stereocenters. The Kier molecular flexibility index (Phi) is 5.95. The number of aromatic nitrogens is 1. The van der Waals surface area contributed by atoms with Crippen molar-refractivity contribution in [2.24, 2.45) is 4.99 Å². The van der Waals surface area contributed by atoms with Gasteiger partial charge in [-0.25, -0.2) is 14.4 Å². The van der Waals surface area contributed by atoms with Gasteiger partial charge in [0.15, 0.2) is 5.76 Å². The Bertz CT molecular complexity index is 1220. The molecule has 5 rings (SSSR count). The van der Waals surface area contributed by atoms with E-state index in [4.69, 9.17) is 0 Å². The highest BCUT2D eigenvalue weighted by atomic mass is 32.1. The van der Waals surface area contributed by atoms with Gasteiger partial charge >= 0.3 is 0 Å². The van der Waals surface area contributed by atoms with Crippen molar-refractivity contribution in [1.82, 2.24) is 19.7 Å². The standard InChI is InChI=1S/C25H26FN5O2S/c1-16-5-3-4-10-30(16)21(32)15-29-11-12-31-17(2)23(33)22(28-25(29)31)24-27-14-20(34-24)13-18-6-8-19(26)9-7-18/h6-9,11-12,14,16,33H,2-5,10,13,15H2,1H3. The summed E-state index contributed by atoms with van der Waals surface area (Å²) in [6.07, 6.45) is 9.09. The summed E-state index contributed by atoms with van der Waals surface area (Å²) in [4.78, 5) is 28.5. The zero-order chi connectivity index (χ0) is 23.8. The van der Waals surface area contributed by atoms with Gasteiger partial charge in [-0.1, -0.05) is 18.7 Å². The molecule has 1 atom stereocenters. The monoisotopic (exact) mass is 479 g/mol. The maximum atomic E-state index is 13.2. The second-order valence-corrected chi connectivity index (χ2v) is 9.83. The smallest absolute Gasteiger partial charge is 0.242 e. The molecule has 0 radical (unpaired) electrons. The molecule has 3 aliphatic rings. The maximum Gasteiger partial charge on any atom is 0.242 e. The molecule has 1 N–H and O–H groups in total. The van der Waals surface area contributed by atoms with E-state index in [0.717, 1.165) is 36.2 Å². The van der Waals surface area contributed by atoms with Crippen molar-refractivity contribution >= 4 is 28.9 Å². The largest absolute Gasteiger partial charge is 0.504 e. The Hall–Kier alpha value is -3.46.